The van der Waals surface area contributed by atoms with Crippen molar-refractivity contribution in [1.29, 1.82) is 0 Å². The molecule has 0 aliphatic rings. The van der Waals surface area contributed by atoms with Crippen molar-refractivity contribution in [2.75, 3.05) is 5.73 Å². The van der Waals surface area contributed by atoms with Gasteiger partial charge in [-0.05, 0) is 23.8 Å². The Balaban J connectivity index is 1.76. The summed E-state index contributed by atoms with van der Waals surface area (Å²) in [6.07, 6.45) is -0.770. The van der Waals surface area contributed by atoms with Crippen molar-refractivity contribution in [1.82, 2.24) is 19.7 Å². The summed E-state index contributed by atoms with van der Waals surface area (Å²) in [6, 6.07) is 6.05. The summed E-state index contributed by atoms with van der Waals surface area (Å²) in [4.78, 5) is 19.5. The van der Waals surface area contributed by atoms with Crippen molar-refractivity contribution < 1.29 is 18.0 Å². The number of anilines is 1. The van der Waals surface area contributed by atoms with Crippen LogP contribution in [0.4, 0.5) is 19.0 Å². The molecule has 9 heteroatoms. The highest BCUT2D eigenvalue weighted by molar-refractivity contribution is 5.95. The average molecular weight is 335 g/mol. The first-order valence-corrected chi connectivity index (χ1v) is 6.87. The summed E-state index contributed by atoms with van der Waals surface area (Å²) in [5, 5.41) is 2.66. The second-order valence-electron chi connectivity index (χ2n) is 5.08. The Labute approximate surface area is 134 Å². The van der Waals surface area contributed by atoms with E-state index in [0.29, 0.717) is 5.82 Å². The van der Waals surface area contributed by atoms with Crippen LogP contribution in [0.25, 0.3) is 5.65 Å². The van der Waals surface area contributed by atoms with Gasteiger partial charge in [-0.25, -0.2) is 9.97 Å². The van der Waals surface area contributed by atoms with Gasteiger partial charge in [0.15, 0.2) is 5.69 Å². The van der Waals surface area contributed by atoms with E-state index in [0.717, 1.165) is 11.8 Å². The maximum absolute atomic E-state index is 12.7. The van der Waals surface area contributed by atoms with Crippen LogP contribution in [0.5, 0.6) is 0 Å². The Kier molecular flexibility index (Phi) is 3.84. The highest BCUT2D eigenvalue weighted by atomic mass is 19.4. The van der Waals surface area contributed by atoms with Crippen molar-refractivity contribution in [3.05, 3.63) is 59.7 Å². The first-order chi connectivity index (χ1) is 11.3. The number of amides is 1. The molecule has 3 aromatic rings. The standard InChI is InChI=1S/C15H12F3N5O/c16-15(17,18)11-8-23-4-3-10(5-13(23)22-11)14(24)21-7-9-1-2-12(19)20-6-9/h1-6,8H,7H2,(H2,19,20)(H,21,24). The number of nitrogens with one attached hydrogen (secondary N) is 1. The smallest absolute Gasteiger partial charge is 0.384 e. The minimum absolute atomic E-state index is 0.0455. The Bertz CT molecular complexity index is 886. The number of hydrogen-bond acceptors (Lipinski definition) is 4. The average Bonchev–Trinajstić information content (AvgIpc) is 2.97. The lowest BCUT2D eigenvalue weighted by molar-refractivity contribution is -0.140. The van der Waals surface area contributed by atoms with Crippen LogP contribution in [-0.2, 0) is 12.7 Å². The van der Waals surface area contributed by atoms with Crippen LogP contribution in [0.1, 0.15) is 21.6 Å². The van der Waals surface area contributed by atoms with E-state index < -0.39 is 17.8 Å². The van der Waals surface area contributed by atoms with Gasteiger partial charge < -0.3 is 15.5 Å². The SMILES string of the molecule is Nc1ccc(CNC(=O)c2ccn3cc(C(F)(F)F)nc3c2)cn1. The molecule has 6 nitrogen and oxygen atoms in total. The third kappa shape index (κ3) is 3.29. The fourth-order valence-electron chi connectivity index (χ4n) is 2.08. The molecule has 3 N–H and O–H groups in total. The summed E-state index contributed by atoms with van der Waals surface area (Å²) in [7, 11) is 0. The normalized spacial score (nSPS) is 11.6. The van der Waals surface area contributed by atoms with Gasteiger partial charge in [-0.15, -0.1) is 0 Å². The summed E-state index contributed by atoms with van der Waals surface area (Å²) in [5.74, 6) is -0.0545. The van der Waals surface area contributed by atoms with E-state index in [9.17, 15) is 18.0 Å². The second-order valence-corrected chi connectivity index (χ2v) is 5.08. The molecular formula is C15H12F3N5O. The van der Waals surface area contributed by atoms with Gasteiger partial charge in [0.2, 0.25) is 0 Å². The lowest BCUT2D eigenvalue weighted by Gasteiger charge is -2.05. The monoisotopic (exact) mass is 335 g/mol. The fraction of sp³-hybridized carbons (Fsp3) is 0.133. The summed E-state index contributed by atoms with van der Waals surface area (Å²) in [6.45, 7) is 0.222. The predicted octanol–water partition coefficient (Wildman–Crippen LogP) is 2.26. The summed E-state index contributed by atoms with van der Waals surface area (Å²) < 4.78 is 39.2. The van der Waals surface area contributed by atoms with Crippen molar-refractivity contribution in [2.24, 2.45) is 0 Å². The van der Waals surface area contributed by atoms with Gasteiger partial charge in [0.05, 0.1) is 0 Å². The van der Waals surface area contributed by atoms with Crippen molar-refractivity contribution in [3.8, 4) is 0 Å². The fourth-order valence-corrected chi connectivity index (χ4v) is 2.08. The molecule has 0 saturated carbocycles. The molecule has 0 atom stereocenters. The molecule has 0 aliphatic heterocycles. The molecule has 3 rings (SSSR count). The van der Waals surface area contributed by atoms with E-state index >= 15 is 0 Å². The molecule has 3 aromatic heterocycles. The lowest BCUT2D eigenvalue weighted by Crippen LogP contribution is -2.23. The van der Waals surface area contributed by atoms with Gasteiger partial charge in [-0.3, -0.25) is 4.79 Å². The highest BCUT2D eigenvalue weighted by Gasteiger charge is 2.33. The van der Waals surface area contributed by atoms with Crippen molar-refractivity contribution in [3.63, 3.8) is 0 Å². The zero-order valence-corrected chi connectivity index (χ0v) is 12.2. The number of aromatic nitrogens is 3. The molecule has 124 valence electrons. The van der Waals surface area contributed by atoms with Gasteiger partial charge in [-0.2, -0.15) is 13.2 Å². The van der Waals surface area contributed by atoms with Gasteiger partial charge >= 0.3 is 6.18 Å². The molecule has 3 heterocycles. The zero-order chi connectivity index (χ0) is 17.3. The molecule has 0 aliphatic carbocycles. The minimum Gasteiger partial charge on any atom is -0.384 e. The number of imidazole rings is 1. The topological polar surface area (TPSA) is 85.3 Å². The number of rotatable bonds is 3. The number of fused-ring (bicyclic) bond motifs is 1. The highest BCUT2D eigenvalue weighted by Crippen LogP contribution is 2.28. The number of halogens is 3. The van der Waals surface area contributed by atoms with Crippen LogP contribution in [0.3, 0.4) is 0 Å². The van der Waals surface area contributed by atoms with Gasteiger partial charge in [0.1, 0.15) is 11.5 Å². The summed E-state index contributed by atoms with van der Waals surface area (Å²) >= 11 is 0. The number of pyridine rings is 2. The Hall–Kier alpha value is -3.10. The number of carbonyl (C=O) groups excluding carboxylic acids is 1. The van der Waals surface area contributed by atoms with Crippen molar-refractivity contribution in [2.45, 2.75) is 12.7 Å². The lowest BCUT2D eigenvalue weighted by atomic mass is 10.2. The molecule has 0 radical (unpaired) electrons. The number of nitrogens with zero attached hydrogens (tertiary/aromatic N) is 3. The Morgan fingerprint density at radius 1 is 1.29 bits per heavy atom. The van der Waals surface area contributed by atoms with Crippen LogP contribution in [0.2, 0.25) is 0 Å². The third-order valence-electron chi connectivity index (χ3n) is 3.31. The maximum Gasteiger partial charge on any atom is 0.434 e. The number of carbonyl (C=O) groups is 1. The van der Waals surface area contributed by atoms with Crippen LogP contribution >= 0.6 is 0 Å². The molecule has 24 heavy (non-hydrogen) atoms. The van der Waals surface area contributed by atoms with E-state index in [2.05, 4.69) is 15.3 Å². The van der Waals surface area contributed by atoms with Gasteiger partial charge in [-0.1, -0.05) is 6.07 Å². The van der Waals surface area contributed by atoms with E-state index in [4.69, 9.17) is 5.73 Å². The van der Waals surface area contributed by atoms with E-state index in [1.807, 2.05) is 0 Å². The van der Waals surface area contributed by atoms with E-state index in [1.54, 1.807) is 12.1 Å². The van der Waals surface area contributed by atoms with Crippen LogP contribution in [0.15, 0.2) is 42.9 Å². The molecule has 0 bridgehead atoms. The third-order valence-corrected chi connectivity index (χ3v) is 3.31. The molecule has 0 spiro atoms. The van der Waals surface area contributed by atoms with Crippen LogP contribution < -0.4 is 11.1 Å². The first kappa shape index (κ1) is 15.8. The van der Waals surface area contributed by atoms with Crippen molar-refractivity contribution >= 4 is 17.4 Å². The van der Waals surface area contributed by atoms with E-state index in [1.165, 1.54) is 28.9 Å². The molecular weight excluding hydrogens is 323 g/mol. The quantitative estimate of drug-likeness (QED) is 0.769. The van der Waals surface area contributed by atoms with Crippen LogP contribution in [-0.4, -0.2) is 20.3 Å². The van der Waals surface area contributed by atoms with Gasteiger partial charge in [0.25, 0.3) is 5.91 Å². The summed E-state index contributed by atoms with van der Waals surface area (Å²) in [5.41, 5.74) is 5.47. The molecule has 1 amide bonds. The number of alkyl halides is 3. The molecule has 0 fully saturated rings. The Morgan fingerprint density at radius 3 is 2.75 bits per heavy atom. The minimum atomic E-state index is -4.53. The first-order valence-electron chi connectivity index (χ1n) is 6.87. The Morgan fingerprint density at radius 2 is 2.08 bits per heavy atom. The largest absolute Gasteiger partial charge is 0.434 e. The number of hydrogen-bond donors (Lipinski definition) is 2. The molecule has 0 aromatic carbocycles. The second kappa shape index (κ2) is 5.84. The predicted molar refractivity (Wildman–Crippen MR) is 80.0 cm³/mol. The molecule has 0 unspecified atom stereocenters. The van der Waals surface area contributed by atoms with Crippen LogP contribution in [0, 0.1) is 0 Å². The molecule has 0 saturated heterocycles. The zero-order valence-electron chi connectivity index (χ0n) is 12.2. The van der Waals surface area contributed by atoms with E-state index in [-0.39, 0.29) is 17.8 Å². The maximum atomic E-state index is 12.7. The number of nitrogens with two attached hydrogens (primary N) is 1. The van der Waals surface area contributed by atoms with Gasteiger partial charge in [0, 0.05) is 30.7 Å². The number of nitrogen functional groups attached to an aromatic ring is 1.